The maximum atomic E-state index is 10.8. The number of para-hydroxylation sites is 3. The van der Waals surface area contributed by atoms with Crippen molar-refractivity contribution in [3.63, 3.8) is 0 Å². The summed E-state index contributed by atoms with van der Waals surface area (Å²) in [6.07, 6.45) is 2.60. The normalized spacial score (nSPS) is 10.9. The molecule has 0 radical (unpaired) electrons. The van der Waals surface area contributed by atoms with Gasteiger partial charge in [-0.25, -0.2) is 4.98 Å². The number of hydrogen-bond acceptors (Lipinski definition) is 3. The number of pyridine rings is 1. The molecule has 7 rings (SSSR count). The molecule has 7 aromatic rings. The van der Waals surface area contributed by atoms with Gasteiger partial charge in [0.05, 0.1) is 16.6 Å². The molecular formula is C37H26N3OPt-. The molecule has 2 aromatic heterocycles. The predicted molar refractivity (Wildman–Crippen MR) is 165 cm³/mol. The average molecular weight is 724 g/mol. The molecule has 5 aromatic carbocycles. The van der Waals surface area contributed by atoms with Gasteiger partial charge in [0, 0.05) is 38.6 Å². The fraction of sp³-hybridized carbons (Fsp3) is 0.0270. The number of aromatic nitrogens is 3. The number of aromatic hydroxyl groups is 1. The van der Waals surface area contributed by atoms with Crippen molar-refractivity contribution >= 4 is 11.0 Å². The maximum Gasteiger partial charge on any atom is 0.148 e. The Kier molecular flexibility index (Phi) is 7.81. The van der Waals surface area contributed by atoms with Crippen molar-refractivity contribution in [2.75, 3.05) is 0 Å². The van der Waals surface area contributed by atoms with Crippen LogP contribution >= 0.6 is 0 Å². The number of hydrogen-bond donors (Lipinski definition) is 1. The van der Waals surface area contributed by atoms with E-state index in [9.17, 15) is 5.11 Å². The van der Waals surface area contributed by atoms with Crippen molar-refractivity contribution in [1.82, 2.24) is 14.5 Å². The van der Waals surface area contributed by atoms with Crippen LogP contribution < -0.4 is 0 Å². The summed E-state index contributed by atoms with van der Waals surface area (Å²) in [5, 5.41) is 10.8. The summed E-state index contributed by atoms with van der Waals surface area (Å²) in [6.45, 7) is 0. The van der Waals surface area contributed by atoms with Crippen LogP contribution in [0.15, 0.2) is 140 Å². The Balaban J connectivity index is 0.00000316. The summed E-state index contributed by atoms with van der Waals surface area (Å²) in [5.74, 6) is 0.873. The molecule has 42 heavy (non-hydrogen) atoms. The first-order valence-electron chi connectivity index (χ1n) is 13.6. The van der Waals surface area contributed by atoms with Gasteiger partial charge in [-0.05, 0) is 48.4 Å². The van der Waals surface area contributed by atoms with Crippen molar-refractivity contribution in [3.8, 4) is 45.2 Å². The molecule has 0 aliphatic rings. The number of rotatable bonds is 6. The van der Waals surface area contributed by atoms with Crippen LogP contribution in [0.25, 0.3) is 50.5 Å². The van der Waals surface area contributed by atoms with Gasteiger partial charge in [0.1, 0.15) is 11.6 Å². The Morgan fingerprint density at radius 3 is 2.10 bits per heavy atom. The van der Waals surface area contributed by atoms with Gasteiger partial charge in [-0.2, -0.15) is 0 Å². The van der Waals surface area contributed by atoms with E-state index in [1.54, 1.807) is 6.07 Å². The van der Waals surface area contributed by atoms with Crippen molar-refractivity contribution in [1.29, 1.82) is 0 Å². The van der Waals surface area contributed by atoms with Gasteiger partial charge in [0.15, 0.2) is 0 Å². The second kappa shape index (κ2) is 12.0. The quantitative estimate of drug-likeness (QED) is 0.175. The second-order valence-electron chi connectivity index (χ2n) is 9.99. The average Bonchev–Trinajstić information content (AvgIpc) is 3.42. The van der Waals surface area contributed by atoms with Gasteiger partial charge < -0.3 is 5.11 Å². The van der Waals surface area contributed by atoms with Crippen LogP contribution in [-0.2, 0) is 27.5 Å². The Morgan fingerprint density at radius 1 is 0.643 bits per heavy atom. The molecule has 206 valence electrons. The standard InChI is InChI=1S/C37H26N3O.Pt/c41-35-20-8-7-16-32(35)37-39-36-31(17-11-19-34(36)40(37)30-14-5-2-6-15-30)28-23-27(22-26-12-3-1-4-13-26)24-29(25-28)33-18-9-10-21-38-33;/h1-21,23-24,41H,22H2;/q-1;. The van der Waals surface area contributed by atoms with Crippen LogP contribution in [0.4, 0.5) is 0 Å². The molecule has 0 unspecified atom stereocenters. The largest absolute Gasteiger partial charge is 0.507 e. The number of fused-ring (bicyclic) bond motifs is 1. The minimum absolute atomic E-state index is 0. The van der Waals surface area contributed by atoms with E-state index in [-0.39, 0.29) is 26.8 Å². The van der Waals surface area contributed by atoms with E-state index >= 15 is 0 Å². The molecular weight excluding hydrogens is 698 g/mol. The molecule has 1 N–H and O–H groups in total. The van der Waals surface area contributed by atoms with E-state index in [0.29, 0.717) is 11.4 Å². The van der Waals surface area contributed by atoms with Crippen LogP contribution in [0.1, 0.15) is 11.1 Å². The van der Waals surface area contributed by atoms with Crippen molar-refractivity contribution < 1.29 is 26.2 Å². The maximum absolute atomic E-state index is 10.8. The zero-order valence-electron chi connectivity index (χ0n) is 22.6. The van der Waals surface area contributed by atoms with Crippen LogP contribution in [0.5, 0.6) is 5.75 Å². The van der Waals surface area contributed by atoms with Crippen LogP contribution in [0, 0.1) is 6.07 Å². The monoisotopic (exact) mass is 723 g/mol. The summed E-state index contributed by atoms with van der Waals surface area (Å²) < 4.78 is 2.11. The van der Waals surface area contributed by atoms with Gasteiger partial charge in [-0.1, -0.05) is 96.1 Å². The van der Waals surface area contributed by atoms with Crippen LogP contribution in [0.3, 0.4) is 0 Å². The summed E-state index contributed by atoms with van der Waals surface area (Å²) in [6, 6.07) is 48.2. The molecule has 0 aliphatic carbocycles. The van der Waals surface area contributed by atoms with Crippen molar-refractivity contribution in [3.05, 3.63) is 157 Å². The molecule has 0 fully saturated rings. The van der Waals surface area contributed by atoms with E-state index in [2.05, 4.69) is 82.3 Å². The molecule has 4 nitrogen and oxygen atoms in total. The third kappa shape index (κ3) is 5.30. The fourth-order valence-electron chi connectivity index (χ4n) is 5.37. The predicted octanol–water partition coefficient (Wildman–Crippen LogP) is 8.52. The van der Waals surface area contributed by atoms with E-state index < -0.39 is 0 Å². The van der Waals surface area contributed by atoms with Gasteiger partial charge in [0.25, 0.3) is 0 Å². The van der Waals surface area contributed by atoms with Crippen LogP contribution in [0.2, 0.25) is 0 Å². The minimum Gasteiger partial charge on any atom is -0.507 e. The second-order valence-corrected chi connectivity index (χ2v) is 9.99. The molecule has 5 heteroatoms. The first-order valence-corrected chi connectivity index (χ1v) is 13.6. The number of nitrogens with zero attached hydrogens (tertiary/aromatic N) is 3. The number of imidazole rings is 1. The molecule has 0 amide bonds. The minimum atomic E-state index is 0. The Bertz CT molecular complexity index is 1970. The molecule has 0 saturated carbocycles. The Labute approximate surface area is 259 Å². The number of phenols is 1. The van der Waals surface area contributed by atoms with E-state index in [1.807, 2.05) is 66.9 Å². The van der Waals surface area contributed by atoms with Crippen molar-refractivity contribution in [2.45, 2.75) is 6.42 Å². The molecule has 0 bridgehead atoms. The van der Waals surface area contributed by atoms with Gasteiger partial charge in [-0.15, -0.1) is 29.3 Å². The summed E-state index contributed by atoms with van der Waals surface area (Å²) in [4.78, 5) is 9.80. The third-order valence-electron chi connectivity index (χ3n) is 7.26. The third-order valence-corrected chi connectivity index (χ3v) is 7.26. The molecule has 2 heterocycles. The van der Waals surface area contributed by atoms with E-state index in [0.717, 1.165) is 45.5 Å². The summed E-state index contributed by atoms with van der Waals surface area (Å²) >= 11 is 0. The number of benzene rings is 5. The van der Waals surface area contributed by atoms with E-state index in [1.165, 1.54) is 11.1 Å². The Morgan fingerprint density at radius 2 is 1.33 bits per heavy atom. The fourth-order valence-corrected chi connectivity index (χ4v) is 5.37. The first-order chi connectivity index (χ1) is 20.2. The van der Waals surface area contributed by atoms with E-state index in [4.69, 9.17) is 4.98 Å². The zero-order valence-corrected chi connectivity index (χ0v) is 24.9. The van der Waals surface area contributed by atoms with Crippen molar-refractivity contribution in [2.24, 2.45) is 0 Å². The van der Waals surface area contributed by atoms with Crippen LogP contribution in [-0.4, -0.2) is 19.6 Å². The number of phenolic OH excluding ortho intramolecular Hbond substituents is 1. The first kappa shape index (κ1) is 27.4. The Hall–Kier alpha value is -4.79. The topological polar surface area (TPSA) is 50.9 Å². The molecule has 0 saturated heterocycles. The molecule has 0 aliphatic heterocycles. The SMILES string of the molecule is Oc1ccccc1-c1nc2c(-c3[c-]c(-c4ccccn4)cc(Cc4ccccc4)c3)cccc2n1-c1ccccc1.[Pt]. The summed E-state index contributed by atoms with van der Waals surface area (Å²) in [5.41, 5.74) is 9.59. The van der Waals surface area contributed by atoms with Gasteiger partial charge in [-0.3, -0.25) is 9.55 Å². The smallest absolute Gasteiger partial charge is 0.148 e. The summed E-state index contributed by atoms with van der Waals surface area (Å²) in [7, 11) is 0. The zero-order chi connectivity index (χ0) is 27.6. The molecule has 0 spiro atoms. The van der Waals surface area contributed by atoms with Gasteiger partial charge >= 0.3 is 0 Å². The molecule has 0 atom stereocenters. The van der Waals surface area contributed by atoms with Gasteiger partial charge in [0.2, 0.25) is 0 Å².